The quantitative estimate of drug-likeness (QED) is 0.588. The number of aryl methyl sites for hydroxylation is 1. The number of rotatable bonds is 9. The smallest absolute Gasteiger partial charge is 0.408 e. The van der Waals surface area contributed by atoms with Crippen LogP contribution < -0.4 is 16.0 Å². The van der Waals surface area contributed by atoms with Crippen LogP contribution in [-0.2, 0) is 9.53 Å². The summed E-state index contributed by atoms with van der Waals surface area (Å²) in [5, 5.41) is 8.48. The summed E-state index contributed by atoms with van der Waals surface area (Å²) < 4.78 is 5.09. The van der Waals surface area contributed by atoms with Gasteiger partial charge in [-0.2, -0.15) is 0 Å². The first kappa shape index (κ1) is 24.5. The van der Waals surface area contributed by atoms with Crippen molar-refractivity contribution in [3.05, 3.63) is 35.4 Å². The van der Waals surface area contributed by atoms with Gasteiger partial charge in [0.2, 0.25) is 5.91 Å². The van der Waals surface area contributed by atoms with Gasteiger partial charge in [0.25, 0.3) is 5.91 Å². The SMILES string of the molecule is Cc1ccccc1C(=O)NCC(NC(=O)C(NC(=O)OC(C)C)C(C)C)C(C)C. The minimum atomic E-state index is -0.727. The van der Waals surface area contributed by atoms with Gasteiger partial charge in [0, 0.05) is 18.2 Å². The largest absolute Gasteiger partial charge is 0.447 e. The highest BCUT2D eigenvalue weighted by molar-refractivity contribution is 5.95. The van der Waals surface area contributed by atoms with E-state index in [9.17, 15) is 14.4 Å². The van der Waals surface area contributed by atoms with Crippen molar-refractivity contribution in [1.82, 2.24) is 16.0 Å². The maximum absolute atomic E-state index is 12.8. The Morgan fingerprint density at radius 1 is 0.931 bits per heavy atom. The zero-order valence-corrected chi connectivity index (χ0v) is 18.5. The predicted molar refractivity (Wildman–Crippen MR) is 114 cm³/mol. The molecule has 3 amide bonds. The fraction of sp³-hybridized carbons (Fsp3) is 0.591. The number of nitrogens with one attached hydrogen (secondary N) is 3. The second-order valence-corrected chi connectivity index (χ2v) is 8.20. The van der Waals surface area contributed by atoms with Gasteiger partial charge >= 0.3 is 6.09 Å². The van der Waals surface area contributed by atoms with Gasteiger partial charge in [-0.05, 0) is 44.2 Å². The maximum Gasteiger partial charge on any atom is 0.408 e. The Hall–Kier alpha value is -2.57. The zero-order chi connectivity index (χ0) is 22.1. The molecule has 2 atom stereocenters. The first-order valence-electron chi connectivity index (χ1n) is 10.1. The standard InChI is InChI=1S/C22H35N3O4/c1-13(2)18(12-23-20(26)17-11-9-8-10-16(17)7)24-21(27)19(14(3)4)25-22(28)29-15(5)6/h8-11,13-15,18-19H,12H2,1-7H3,(H,23,26)(H,24,27)(H,25,28). The lowest BCUT2D eigenvalue weighted by Gasteiger charge is -2.28. The number of hydrogen-bond donors (Lipinski definition) is 3. The summed E-state index contributed by atoms with van der Waals surface area (Å²) in [6.45, 7) is 13.3. The predicted octanol–water partition coefficient (Wildman–Crippen LogP) is 3.02. The summed E-state index contributed by atoms with van der Waals surface area (Å²) in [6, 6.07) is 6.35. The van der Waals surface area contributed by atoms with Gasteiger partial charge in [-0.25, -0.2) is 4.79 Å². The van der Waals surface area contributed by atoms with Crippen LogP contribution in [-0.4, -0.2) is 42.6 Å². The van der Waals surface area contributed by atoms with Crippen molar-refractivity contribution in [2.24, 2.45) is 11.8 Å². The Labute approximate surface area is 174 Å². The van der Waals surface area contributed by atoms with Crippen LogP contribution in [0.2, 0.25) is 0 Å². The first-order valence-corrected chi connectivity index (χ1v) is 10.1. The molecule has 2 unspecified atom stereocenters. The molecule has 7 nitrogen and oxygen atoms in total. The molecule has 29 heavy (non-hydrogen) atoms. The molecule has 0 aliphatic heterocycles. The Bertz CT molecular complexity index is 701. The minimum Gasteiger partial charge on any atom is -0.447 e. The second-order valence-electron chi connectivity index (χ2n) is 8.20. The molecule has 0 saturated heterocycles. The molecular weight excluding hydrogens is 370 g/mol. The number of hydrogen-bond acceptors (Lipinski definition) is 4. The molecule has 3 N–H and O–H groups in total. The van der Waals surface area contributed by atoms with Gasteiger partial charge < -0.3 is 20.7 Å². The van der Waals surface area contributed by atoms with E-state index in [0.29, 0.717) is 5.56 Å². The van der Waals surface area contributed by atoms with Crippen molar-refractivity contribution >= 4 is 17.9 Å². The Morgan fingerprint density at radius 2 is 1.55 bits per heavy atom. The molecule has 1 rings (SSSR count). The summed E-state index contributed by atoms with van der Waals surface area (Å²) in [5.41, 5.74) is 1.50. The summed E-state index contributed by atoms with van der Waals surface area (Å²) >= 11 is 0. The average Bonchev–Trinajstić information content (AvgIpc) is 2.61. The van der Waals surface area contributed by atoms with E-state index in [0.717, 1.165) is 5.56 Å². The number of benzene rings is 1. The third kappa shape index (κ3) is 8.13. The summed E-state index contributed by atoms with van der Waals surface area (Å²) in [7, 11) is 0. The third-order valence-electron chi connectivity index (χ3n) is 4.57. The number of carbonyl (C=O) groups is 3. The van der Waals surface area contributed by atoms with Crippen molar-refractivity contribution in [2.45, 2.75) is 66.7 Å². The Balaban J connectivity index is 2.75. The molecule has 0 radical (unpaired) electrons. The number of carbonyl (C=O) groups excluding carboxylic acids is 3. The van der Waals surface area contributed by atoms with E-state index in [4.69, 9.17) is 4.74 Å². The molecule has 0 spiro atoms. The van der Waals surface area contributed by atoms with E-state index in [1.807, 2.05) is 52.8 Å². The van der Waals surface area contributed by atoms with Gasteiger partial charge in [-0.3, -0.25) is 9.59 Å². The molecule has 0 aliphatic rings. The van der Waals surface area contributed by atoms with E-state index in [-0.39, 0.29) is 42.3 Å². The lowest BCUT2D eigenvalue weighted by atomic mass is 10.00. The van der Waals surface area contributed by atoms with Crippen molar-refractivity contribution in [3.63, 3.8) is 0 Å². The normalized spacial score (nSPS) is 13.2. The van der Waals surface area contributed by atoms with Crippen LogP contribution in [0.15, 0.2) is 24.3 Å². The van der Waals surface area contributed by atoms with E-state index >= 15 is 0 Å². The van der Waals surface area contributed by atoms with E-state index in [1.165, 1.54) is 0 Å². The van der Waals surface area contributed by atoms with E-state index in [2.05, 4.69) is 16.0 Å². The van der Waals surface area contributed by atoms with Crippen LogP contribution in [0, 0.1) is 18.8 Å². The fourth-order valence-electron chi connectivity index (χ4n) is 2.76. The average molecular weight is 406 g/mol. The minimum absolute atomic E-state index is 0.0894. The highest BCUT2D eigenvalue weighted by Gasteiger charge is 2.28. The number of amides is 3. The van der Waals surface area contributed by atoms with Gasteiger partial charge in [0.1, 0.15) is 6.04 Å². The molecule has 0 fully saturated rings. The number of ether oxygens (including phenoxy) is 1. The summed E-state index contributed by atoms with van der Waals surface area (Å²) in [5.74, 6) is -0.512. The zero-order valence-electron chi connectivity index (χ0n) is 18.5. The van der Waals surface area contributed by atoms with E-state index < -0.39 is 12.1 Å². The second kappa shape index (κ2) is 11.4. The molecule has 1 aromatic carbocycles. The van der Waals surface area contributed by atoms with E-state index in [1.54, 1.807) is 19.9 Å². The van der Waals surface area contributed by atoms with Gasteiger partial charge in [-0.1, -0.05) is 45.9 Å². The van der Waals surface area contributed by atoms with Crippen LogP contribution in [0.3, 0.4) is 0 Å². The van der Waals surface area contributed by atoms with Crippen LogP contribution in [0.4, 0.5) is 4.79 Å². The molecule has 0 heterocycles. The van der Waals surface area contributed by atoms with Gasteiger partial charge in [0.05, 0.1) is 6.10 Å². The highest BCUT2D eigenvalue weighted by atomic mass is 16.6. The summed E-state index contributed by atoms with van der Waals surface area (Å²) in [4.78, 5) is 37.2. The molecule has 0 bridgehead atoms. The molecule has 0 saturated carbocycles. The summed E-state index contributed by atoms with van der Waals surface area (Å²) in [6.07, 6.45) is -0.895. The van der Waals surface area contributed by atoms with Gasteiger partial charge in [-0.15, -0.1) is 0 Å². The Kier molecular flexibility index (Phi) is 9.65. The monoisotopic (exact) mass is 405 g/mol. The van der Waals surface area contributed by atoms with Crippen LogP contribution >= 0.6 is 0 Å². The lowest BCUT2D eigenvalue weighted by molar-refractivity contribution is -0.125. The maximum atomic E-state index is 12.8. The van der Waals surface area contributed by atoms with Crippen molar-refractivity contribution in [1.29, 1.82) is 0 Å². The topological polar surface area (TPSA) is 96.5 Å². The number of alkyl carbamates (subject to hydrolysis) is 1. The van der Waals surface area contributed by atoms with Crippen molar-refractivity contribution in [2.75, 3.05) is 6.54 Å². The molecule has 1 aromatic rings. The first-order chi connectivity index (χ1) is 13.5. The van der Waals surface area contributed by atoms with Crippen LogP contribution in [0.1, 0.15) is 57.5 Å². The lowest BCUT2D eigenvalue weighted by Crippen LogP contribution is -2.55. The fourth-order valence-corrected chi connectivity index (χ4v) is 2.76. The van der Waals surface area contributed by atoms with Gasteiger partial charge in [0.15, 0.2) is 0 Å². The highest BCUT2D eigenvalue weighted by Crippen LogP contribution is 2.09. The van der Waals surface area contributed by atoms with Crippen LogP contribution in [0.25, 0.3) is 0 Å². The third-order valence-corrected chi connectivity index (χ3v) is 4.57. The molecule has 7 heteroatoms. The Morgan fingerprint density at radius 3 is 2.07 bits per heavy atom. The molecular formula is C22H35N3O4. The van der Waals surface area contributed by atoms with Crippen LogP contribution in [0.5, 0.6) is 0 Å². The van der Waals surface area contributed by atoms with Crippen molar-refractivity contribution in [3.8, 4) is 0 Å². The molecule has 0 aliphatic carbocycles. The molecule has 0 aromatic heterocycles. The molecule has 162 valence electrons. The van der Waals surface area contributed by atoms with Crippen molar-refractivity contribution < 1.29 is 19.1 Å².